The van der Waals surface area contributed by atoms with E-state index in [1.165, 1.54) is 11.0 Å². The van der Waals surface area contributed by atoms with Gasteiger partial charge in [-0.1, -0.05) is 18.2 Å². The van der Waals surface area contributed by atoms with Crippen molar-refractivity contribution in [1.82, 2.24) is 15.1 Å². The number of halogens is 1. The van der Waals surface area contributed by atoms with Gasteiger partial charge >= 0.3 is 6.03 Å². The number of amides is 3. The molecule has 3 amide bonds. The van der Waals surface area contributed by atoms with Crippen molar-refractivity contribution in [2.75, 3.05) is 45.2 Å². The number of carbonyl (C=O) groups is 2. The van der Waals surface area contributed by atoms with E-state index in [0.29, 0.717) is 18.7 Å². The third-order valence-corrected chi connectivity index (χ3v) is 5.18. The summed E-state index contributed by atoms with van der Waals surface area (Å²) in [6, 6.07) is 11.7. The molecule has 6 nitrogen and oxygen atoms in total. The van der Waals surface area contributed by atoms with E-state index in [1.807, 2.05) is 14.0 Å². The van der Waals surface area contributed by atoms with Gasteiger partial charge < -0.3 is 15.1 Å². The van der Waals surface area contributed by atoms with Gasteiger partial charge in [-0.2, -0.15) is 0 Å². The molecular weight excluding hydrogens is 371 g/mol. The van der Waals surface area contributed by atoms with Gasteiger partial charge in [-0.05, 0) is 49.4 Å². The lowest BCUT2D eigenvalue weighted by Crippen LogP contribution is -2.52. The van der Waals surface area contributed by atoms with Crippen molar-refractivity contribution in [3.05, 3.63) is 65.0 Å². The third-order valence-electron chi connectivity index (χ3n) is 5.18. The number of hydrogen-bond acceptors (Lipinski definition) is 3. The summed E-state index contributed by atoms with van der Waals surface area (Å²) in [7, 11) is 3.60. The van der Waals surface area contributed by atoms with Crippen LogP contribution in [-0.4, -0.2) is 62.0 Å². The molecule has 154 valence electrons. The first kappa shape index (κ1) is 20.8. The zero-order valence-electron chi connectivity index (χ0n) is 17.1. The van der Waals surface area contributed by atoms with Crippen LogP contribution in [0.25, 0.3) is 0 Å². The molecule has 1 N–H and O–H groups in total. The van der Waals surface area contributed by atoms with Gasteiger partial charge in [-0.25, -0.2) is 9.18 Å². The zero-order valence-corrected chi connectivity index (χ0v) is 17.1. The van der Waals surface area contributed by atoms with Crippen molar-refractivity contribution in [2.45, 2.75) is 13.5 Å². The Hall–Kier alpha value is -2.93. The Balaban J connectivity index is 1.88. The quantitative estimate of drug-likeness (QED) is 0.862. The number of piperazine rings is 1. The highest BCUT2D eigenvalue weighted by atomic mass is 19.1. The smallest absolute Gasteiger partial charge is 0.324 e. The summed E-state index contributed by atoms with van der Waals surface area (Å²) in [5.41, 5.74) is 2.41. The van der Waals surface area contributed by atoms with Gasteiger partial charge in [-0.3, -0.25) is 9.69 Å². The predicted molar refractivity (Wildman–Crippen MR) is 112 cm³/mol. The molecule has 0 atom stereocenters. The van der Waals surface area contributed by atoms with E-state index < -0.39 is 5.82 Å². The van der Waals surface area contributed by atoms with Gasteiger partial charge in [0.05, 0.1) is 12.2 Å². The number of rotatable bonds is 4. The Morgan fingerprint density at radius 1 is 1.07 bits per heavy atom. The number of nitrogens with zero attached hydrogens (tertiary/aromatic N) is 3. The summed E-state index contributed by atoms with van der Waals surface area (Å²) in [5.74, 6) is -0.596. The zero-order chi connectivity index (χ0) is 21.0. The highest BCUT2D eigenvalue weighted by Gasteiger charge is 2.27. The monoisotopic (exact) mass is 398 g/mol. The Labute approximate surface area is 170 Å². The maximum Gasteiger partial charge on any atom is 0.324 e. The Kier molecular flexibility index (Phi) is 6.49. The molecule has 7 heteroatoms. The molecule has 1 aliphatic heterocycles. The van der Waals surface area contributed by atoms with Crippen molar-refractivity contribution < 1.29 is 14.0 Å². The van der Waals surface area contributed by atoms with Crippen LogP contribution in [-0.2, 0) is 6.54 Å². The first-order valence-corrected chi connectivity index (χ1v) is 9.71. The second-order valence-corrected chi connectivity index (χ2v) is 7.39. The molecule has 2 aromatic rings. The standard InChI is InChI=1S/C22H27FN4O2/c1-16-4-9-20(19(23)14-16)27(22(29)26-12-10-25(3)11-13-26)15-17-5-7-18(8-6-17)21(28)24-2/h4-9,14H,10-13,15H2,1-3H3,(H,24,28). The Morgan fingerprint density at radius 2 is 1.72 bits per heavy atom. The predicted octanol–water partition coefficient (Wildman–Crippen LogP) is 2.87. The molecule has 0 radical (unpaired) electrons. The van der Waals surface area contributed by atoms with Crippen LogP contribution in [0.4, 0.5) is 14.9 Å². The molecular formula is C22H27FN4O2. The maximum atomic E-state index is 14.7. The highest BCUT2D eigenvalue weighted by molar-refractivity contribution is 5.94. The highest BCUT2D eigenvalue weighted by Crippen LogP contribution is 2.24. The first-order chi connectivity index (χ1) is 13.9. The molecule has 0 saturated carbocycles. The van der Waals surface area contributed by atoms with Gasteiger partial charge in [0.2, 0.25) is 0 Å². The van der Waals surface area contributed by atoms with E-state index >= 15 is 0 Å². The summed E-state index contributed by atoms with van der Waals surface area (Å²) in [6.07, 6.45) is 0. The third kappa shape index (κ3) is 4.92. The second-order valence-electron chi connectivity index (χ2n) is 7.39. The van der Waals surface area contributed by atoms with Crippen LogP contribution in [0, 0.1) is 12.7 Å². The van der Waals surface area contributed by atoms with Crippen LogP contribution >= 0.6 is 0 Å². The molecule has 29 heavy (non-hydrogen) atoms. The van der Waals surface area contributed by atoms with Crippen molar-refractivity contribution in [2.24, 2.45) is 0 Å². The summed E-state index contributed by atoms with van der Waals surface area (Å²) in [5, 5.41) is 2.58. The number of urea groups is 1. The van der Waals surface area contributed by atoms with Gasteiger partial charge in [0.25, 0.3) is 5.91 Å². The van der Waals surface area contributed by atoms with Gasteiger partial charge in [0.1, 0.15) is 5.82 Å². The minimum atomic E-state index is -0.422. The van der Waals surface area contributed by atoms with E-state index in [1.54, 1.807) is 48.3 Å². The van der Waals surface area contributed by atoms with Crippen LogP contribution in [0.5, 0.6) is 0 Å². The average Bonchev–Trinajstić information content (AvgIpc) is 2.72. The molecule has 0 aromatic heterocycles. The number of aryl methyl sites for hydroxylation is 1. The fourth-order valence-electron chi connectivity index (χ4n) is 3.34. The number of hydrogen-bond donors (Lipinski definition) is 1. The minimum absolute atomic E-state index is 0.175. The fraction of sp³-hybridized carbons (Fsp3) is 0.364. The van der Waals surface area contributed by atoms with Crippen LogP contribution in [0.1, 0.15) is 21.5 Å². The molecule has 0 bridgehead atoms. The first-order valence-electron chi connectivity index (χ1n) is 9.71. The molecule has 1 fully saturated rings. The summed E-state index contributed by atoms with van der Waals surface area (Å²) in [4.78, 5) is 30.4. The molecule has 0 unspecified atom stereocenters. The lowest BCUT2D eigenvalue weighted by atomic mass is 10.1. The van der Waals surface area contributed by atoms with Gasteiger partial charge in [-0.15, -0.1) is 0 Å². The van der Waals surface area contributed by atoms with Crippen molar-refractivity contribution in [3.8, 4) is 0 Å². The average molecular weight is 398 g/mol. The van der Waals surface area contributed by atoms with E-state index in [0.717, 1.165) is 24.2 Å². The van der Waals surface area contributed by atoms with Gasteiger partial charge in [0, 0.05) is 38.8 Å². The fourth-order valence-corrected chi connectivity index (χ4v) is 3.34. The van der Waals surface area contributed by atoms with Crippen molar-refractivity contribution in [1.29, 1.82) is 0 Å². The van der Waals surface area contributed by atoms with Crippen molar-refractivity contribution >= 4 is 17.6 Å². The largest absolute Gasteiger partial charge is 0.355 e. The van der Waals surface area contributed by atoms with Crippen LogP contribution in [0.15, 0.2) is 42.5 Å². The van der Waals surface area contributed by atoms with Crippen LogP contribution < -0.4 is 10.2 Å². The molecule has 3 rings (SSSR count). The molecule has 0 spiro atoms. The summed E-state index contributed by atoms with van der Waals surface area (Å²) in [6.45, 7) is 4.83. The second kappa shape index (κ2) is 9.05. The van der Waals surface area contributed by atoms with E-state index in [2.05, 4.69) is 10.2 Å². The minimum Gasteiger partial charge on any atom is -0.355 e. The van der Waals surface area contributed by atoms with E-state index in [9.17, 15) is 14.0 Å². The Bertz CT molecular complexity index is 877. The van der Waals surface area contributed by atoms with E-state index in [4.69, 9.17) is 0 Å². The number of nitrogens with one attached hydrogen (secondary N) is 1. The molecule has 2 aromatic carbocycles. The summed E-state index contributed by atoms with van der Waals surface area (Å²) >= 11 is 0. The number of anilines is 1. The Morgan fingerprint density at radius 3 is 2.31 bits per heavy atom. The number of carbonyl (C=O) groups excluding carboxylic acids is 2. The van der Waals surface area contributed by atoms with Crippen LogP contribution in [0.2, 0.25) is 0 Å². The van der Waals surface area contributed by atoms with Crippen molar-refractivity contribution in [3.63, 3.8) is 0 Å². The van der Waals surface area contributed by atoms with Gasteiger partial charge in [0.15, 0.2) is 0 Å². The lowest BCUT2D eigenvalue weighted by molar-refractivity contribution is 0.0963. The lowest BCUT2D eigenvalue weighted by Gasteiger charge is -2.36. The van der Waals surface area contributed by atoms with Crippen LogP contribution in [0.3, 0.4) is 0 Å². The van der Waals surface area contributed by atoms with E-state index in [-0.39, 0.29) is 24.2 Å². The maximum absolute atomic E-state index is 14.7. The molecule has 1 heterocycles. The number of likely N-dealkylation sites (N-methyl/N-ethyl adjacent to an activating group) is 1. The topological polar surface area (TPSA) is 55.9 Å². The molecule has 1 saturated heterocycles. The number of benzene rings is 2. The molecule has 0 aliphatic carbocycles. The molecule has 1 aliphatic rings. The normalized spacial score (nSPS) is 14.6. The summed E-state index contributed by atoms with van der Waals surface area (Å²) < 4.78 is 14.7. The SMILES string of the molecule is CNC(=O)c1ccc(CN(C(=O)N2CCN(C)CC2)c2ccc(C)cc2F)cc1.